The van der Waals surface area contributed by atoms with Gasteiger partial charge >= 0.3 is 0 Å². The van der Waals surface area contributed by atoms with Crippen molar-refractivity contribution in [1.29, 1.82) is 0 Å². The highest BCUT2D eigenvalue weighted by molar-refractivity contribution is 7.85. The second-order valence-corrected chi connectivity index (χ2v) is 8.71. The van der Waals surface area contributed by atoms with E-state index in [1.807, 2.05) is 0 Å². The van der Waals surface area contributed by atoms with Gasteiger partial charge in [-0.1, -0.05) is 76.1 Å². The molecule has 1 N–H and O–H groups in total. The van der Waals surface area contributed by atoms with Crippen molar-refractivity contribution in [2.75, 3.05) is 0 Å². The molecule has 0 saturated carbocycles. The maximum Gasteiger partial charge on any atom is 0.294 e. The van der Waals surface area contributed by atoms with Crippen LogP contribution in [0.5, 0.6) is 0 Å². The van der Waals surface area contributed by atoms with E-state index >= 15 is 0 Å². The van der Waals surface area contributed by atoms with Gasteiger partial charge in [0.15, 0.2) is 5.78 Å². The smallest absolute Gasteiger partial charge is 0.294 e. The highest BCUT2D eigenvalue weighted by Crippen LogP contribution is 2.18. The number of rotatable bonds is 15. The molecule has 0 atom stereocenters. The lowest BCUT2D eigenvalue weighted by Crippen LogP contribution is -2.03. The number of ketones is 1. The molecule has 1 rings (SSSR count). The topological polar surface area (TPSA) is 71.4 Å². The fourth-order valence-corrected chi connectivity index (χ4v) is 3.94. The number of aryl methyl sites for hydroxylation is 1. The minimum absolute atomic E-state index is 0.0370. The maximum absolute atomic E-state index is 11.4. The first-order valence-corrected chi connectivity index (χ1v) is 11.5. The van der Waals surface area contributed by atoms with Crippen LogP contribution in [0.15, 0.2) is 41.3 Å². The van der Waals surface area contributed by atoms with Gasteiger partial charge in [-0.25, -0.2) is 0 Å². The standard InChI is InChI=1S/C22H34O4S/c1-19(2)21(23)17-12-10-8-6-4-3-5-7-9-11-15-20-16-13-14-18-22(20)27(24,25)26/h13-14,16,18H,1,3-12,15,17H2,2H3,(H,24,25,26). The predicted molar refractivity (Wildman–Crippen MR) is 111 cm³/mol. The third-order valence-electron chi connectivity index (χ3n) is 4.83. The number of hydrogen-bond donors (Lipinski definition) is 1. The molecule has 0 aliphatic rings. The third-order valence-corrected chi connectivity index (χ3v) is 5.78. The minimum atomic E-state index is -4.13. The number of carbonyl (C=O) groups excluding carboxylic acids is 1. The Kier molecular flexibility index (Phi) is 11.2. The summed E-state index contributed by atoms with van der Waals surface area (Å²) < 4.78 is 32.0. The highest BCUT2D eigenvalue weighted by Gasteiger charge is 2.13. The number of carbonyl (C=O) groups is 1. The van der Waals surface area contributed by atoms with E-state index in [0.29, 0.717) is 24.0 Å². The molecule has 0 fully saturated rings. The molecule has 0 saturated heterocycles. The van der Waals surface area contributed by atoms with E-state index in [-0.39, 0.29) is 10.7 Å². The number of unbranched alkanes of at least 4 members (excludes halogenated alkanes) is 9. The number of hydrogen-bond acceptors (Lipinski definition) is 3. The Labute approximate surface area is 164 Å². The molecule has 0 radical (unpaired) electrons. The molecule has 5 heteroatoms. The van der Waals surface area contributed by atoms with Crippen LogP contribution in [0.25, 0.3) is 0 Å². The van der Waals surface area contributed by atoms with Crippen LogP contribution in [0.2, 0.25) is 0 Å². The molecule has 1 aromatic carbocycles. The van der Waals surface area contributed by atoms with Gasteiger partial charge in [-0.15, -0.1) is 0 Å². The van der Waals surface area contributed by atoms with E-state index in [1.165, 1.54) is 38.2 Å². The Morgan fingerprint density at radius 1 is 0.889 bits per heavy atom. The normalized spacial score (nSPS) is 11.5. The second kappa shape index (κ2) is 12.8. The Morgan fingerprint density at radius 3 is 1.89 bits per heavy atom. The molecule has 0 aliphatic heterocycles. The molecule has 0 spiro atoms. The number of Topliss-reactive ketones (excluding diaryl/α,β-unsaturated/α-hetero) is 1. The zero-order valence-electron chi connectivity index (χ0n) is 16.6. The molecule has 0 unspecified atom stereocenters. The lowest BCUT2D eigenvalue weighted by Gasteiger charge is -2.07. The molecule has 0 aliphatic carbocycles. The molecule has 0 bridgehead atoms. The number of benzene rings is 1. The van der Waals surface area contributed by atoms with Crippen molar-refractivity contribution in [3.05, 3.63) is 42.0 Å². The second-order valence-electron chi connectivity index (χ2n) is 7.32. The monoisotopic (exact) mass is 394 g/mol. The number of allylic oxidation sites excluding steroid dienone is 1. The first kappa shape index (κ1) is 23.6. The van der Waals surface area contributed by atoms with Crippen molar-refractivity contribution in [3.63, 3.8) is 0 Å². The van der Waals surface area contributed by atoms with Gasteiger partial charge in [0.05, 0.1) is 4.90 Å². The predicted octanol–water partition coefficient (Wildman–Crippen LogP) is 5.91. The van der Waals surface area contributed by atoms with Crippen LogP contribution in [0.3, 0.4) is 0 Å². The molecule has 0 aromatic heterocycles. The van der Waals surface area contributed by atoms with Gasteiger partial charge in [0.2, 0.25) is 0 Å². The van der Waals surface area contributed by atoms with E-state index in [9.17, 15) is 17.8 Å². The molecule has 27 heavy (non-hydrogen) atoms. The molecule has 152 valence electrons. The molecule has 1 aromatic rings. The third kappa shape index (κ3) is 10.5. The van der Waals surface area contributed by atoms with Crippen LogP contribution in [0, 0.1) is 0 Å². The summed E-state index contributed by atoms with van der Waals surface area (Å²) in [6, 6.07) is 6.66. The Hall–Kier alpha value is -1.46. The maximum atomic E-state index is 11.4. The molecular formula is C22H34O4S. The van der Waals surface area contributed by atoms with Crippen molar-refractivity contribution in [2.45, 2.75) is 88.9 Å². The summed E-state index contributed by atoms with van der Waals surface area (Å²) in [6.07, 6.45) is 12.6. The Morgan fingerprint density at radius 2 is 1.37 bits per heavy atom. The van der Waals surface area contributed by atoms with Gasteiger partial charge in [0.25, 0.3) is 10.1 Å². The van der Waals surface area contributed by atoms with Gasteiger partial charge in [-0.3, -0.25) is 9.35 Å². The lowest BCUT2D eigenvalue weighted by molar-refractivity contribution is -0.115. The van der Waals surface area contributed by atoms with Gasteiger partial charge in [0, 0.05) is 6.42 Å². The SMILES string of the molecule is C=C(C)C(=O)CCCCCCCCCCCCc1ccccc1S(=O)(=O)O. The average molecular weight is 395 g/mol. The van der Waals surface area contributed by atoms with Gasteiger partial charge < -0.3 is 0 Å². The summed E-state index contributed by atoms with van der Waals surface area (Å²) in [5.74, 6) is 0.189. The molecular weight excluding hydrogens is 360 g/mol. The van der Waals surface area contributed by atoms with Crippen molar-refractivity contribution in [2.24, 2.45) is 0 Å². The molecule has 0 heterocycles. The molecule has 4 nitrogen and oxygen atoms in total. The van der Waals surface area contributed by atoms with E-state index in [1.54, 1.807) is 25.1 Å². The highest BCUT2D eigenvalue weighted by atomic mass is 32.2. The zero-order valence-corrected chi connectivity index (χ0v) is 17.4. The average Bonchev–Trinajstić information content (AvgIpc) is 2.61. The summed E-state index contributed by atoms with van der Waals surface area (Å²) in [4.78, 5) is 11.5. The van der Waals surface area contributed by atoms with E-state index in [0.717, 1.165) is 32.1 Å². The van der Waals surface area contributed by atoms with Crippen LogP contribution in [-0.2, 0) is 21.3 Å². The summed E-state index contributed by atoms with van der Waals surface area (Å²) in [5.41, 5.74) is 1.36. The van der Waals surface area contributed by atoms with Crippen LogP contribution in [0.1, 0.15) is 83.1 Å². The van der Waals surface area contributed by atoms with Crippen LogP contribution < -0.4 is 0 Å². The first-order chi connectivity index (χ1) is 12.8. The quantitative estimate of drug-likeness (QED) is 0.228. The minimum Gasteiger partial charge on any atom is -0.295 e. The Balaban J connectivity index is 2.01. The van der Waals surface area contributed by atoms with Crippen LogP contribution >= 0.6 is 0 Å². The van der Waals surface area contributed by atoms with Crippen molar-refractivity contribution in [1.82, 2.24) is 0 Å². The van der Waals surface area contributed by atoms with Crippen LogP contribution in [0.4, 0.5) is 0 Å². The van der Waals surface area contributed by atoms with Crippen molar-refractivity contribution in [3.8, 4) is 0 Å². The van der Waals surface area contributed by atoms with Crippen LogP contribution in [-0.4, -0.2) is 18.8 Å². The largest absolute Gasteiger partial charge is 0.295 e. The van der Waals surface area contributed by atoms with E-state index in [2.05, 4.69) is 6.58 Å². The van der Waals surface area contributed by atoms with Gasteiger partial charge in [-0.05, 0) is 43.4 Å². The summed E-state index contributed by atoms with van der Waals surface area (Å²) in [7, 11) is -4.13. The zero-order chi connectivity index (χ0) is 20.1. The lowest BCUT2D eigenvalue weighted by atomic mass is 10.0. The fourth-order valence-electron chi connectivity index (χ4n) is 3.19. The molecule has 0 amide bonds. The van der Waals surface area contributed by atoms with Gasteiger partial charge in [0.1, 0.15) is 0 Å². The summed E-state index contributed by atoms with van der Waals surface area (Å²) in [5, 5.41) is 0. The van der Waals surface area contributed by atoms with E-state index < -0.39 is 10.1 Å². The summed E-state index contributed by atoms with van der Waals surface area (Å²) in [6.45, 7) is 5.44. The van der Waals surface area contributed by atoms with E-state index in [4.69, 9.17) is 0 Å². The first-order valence-electron chi connectivity index (χ1n) is 10.1. The van der Waals surface area contributed by atoms with Gasteiger partial charge in [-0.2, -0.15) is 8.42 Å². The van der Waals surface area contributed by atoms with Crippen molar-refractivity contribution >= 4 is 15.9 Å². The fraction of sp³-hybridized carbons (Fsp3) is 0.591. The summed E-state index contributed by atoms with van der Waals surface area (Å²) >= 11 is 0. The van der Waals surface area contributed by atoms with Crippen molar-refractivity contribution < 1.29 is 17.8 Å². The Bertz CT molecular complexity index is 692.